The second kappa shape index (κ2) is 9.19. The van der Waals surface area contributed by atoms with Crippen molar-refractivity contribution >= 4 is 29.0 Å². The summed E-state index contributed by atoms with van der Waals surface area (Å²) in [7, 11) is 1.63. The Morgan fingerprint density at radius 1 is 1.11 bits per heavy atom. The van der Waals surface area contributed by atoms with E-state index in [0.717, 1.165) is 22.6 Å². The van der Waals surface area contributed by atoms with Crippen molar-refractivity contribution in [1.82, 2.24) is 15.5 Å². The van der Waals surface area contributed by atoms with Crippen molar-refractivity contribution in [2.45, 2.75) is 13.3 Å². The van der Waals surface area contributed by atoms with Gasteiger partial charge >= 0.3 is 0 Å². The Kier molecular flexibility index (Phi) is 6.45. The normalized spacial score (nSPS) is 10.4. The molecule has 28 heavy (non-hydrogen) atoms. The fraction of sp³-hybridized carbons (Fsp3) is 0.190. The number of amides is 1. The van der Waals surface area contributed by atoms with Crippen LogP contribution >= 0.6 is 11.6 Å². The van der Waals surface area contributed by atoms with Crippen molar-refractivity contribution in [2.75, 3.05) is 19.0 Å². The highest BCUT2D eigenvalue weighted by Crippen LogP contribution is 2.23. The van der Waals surface area contributed by atoms with Gasteiger partial charge in [0.25, 0.3) is 5.91 Å². The zero-order valence-corrected chi connectivity index (χ0v) is 16.5. The number of hydrogen-bond donors (Lipinski definition) is 2. The van der Waals surface area contributed by atoms with Crippen molar-refractivity contribution in [2.24, 2.45) is 0 Å². The average Bonchev–Trinajstić information content (AvgIpc) is 2.71. The SMILES string of the molecule is COc1cccc(CCNC(=O)c2ccc(Nc3cc(Cl)ccc3C)nn2)c1. The van der Waals surface area contributed by atoms with E-state index in [0.29, 0.717) is 23.8 Å². The first kappa shape index (κ1) is 19.6. The molecule has 3 aromatic rings. The number of carbonyl (C=O) groups is 1. The third kappa shape index (κ3) is 5.20. The first-order chi connectivity index (χ1) is 13.5. The molecule has 0 aliphatic rings. The Morgan fingerprint density at radius 2 is 1.96 bits per heavy atom. The van der Waals surface area contributed by atoms with Crippen molar-refractivity contribution in [3.05, 3.63) is 76.4 Å². The van der Waals surface area contributed by atoms with Crippen LogP contribution in [0.2, 0.25) is 5.02 Å². The highest BCUT2D eigenvalue weighted by molar-refractivity contribution is 6.30. The Balaban J connectivity index is 1.55. The third-order valence-corrected chi connectivity index (χ3v) is 4.43. The van der Waals surface area contributed by atoms with Crippen molar-refractivity contribution in [3.8, 4) is 5.75 Å². The maximum Gasteiger partial charge on any atom is 0.271 e. The second-order valence-electron chi connectivity index (χ2n) is 6.25. The Hall–Kier alpha value is -3.12. The molecular weight excluding hydrogens is 376 g/mol. The Morgan fingerprint density at radius 3 is 2.71 bits per heavy atom. The van der Waals surface area contributed by atoms with Crippen LogP contribution in [0.25, 0.3) is 0 Å². The molecule has 7 heteroatoms. The molecule has 144 valence electrons. The molecule has 0 saturated heterocycles. The van der Waals surface area contributed by atoms with Crippen LogP contribution < -0.4 is 15.4 Å². The quantitative estimate of drug-likeness (QED) is 0.627. The van der Waals surface area contributed by atoms with Crippen LogP contribution in [0, 0.1) is 6.92 Å². The molecule has 0 spiro atoms. The number of anilines is 2. The average molecular weight is 397 g/mol. The highest BCUT2D eigenvalue weighted by Gasteiger charge is 2.09. The van der Waals surface area contributed by atoms with Gasteiger partial charge in [-0.15, -0.1) is 10.2 Å². The lowest BCUT2D eigenvalue weighted by atomic mass is 10.1. The number of ether oxygens (including phenoxy) is 1. The van der Waals surface area contributed by atoms with Gasteiger partial charge in [-0.2, -0.15) is 0 Å². The van der Waals surface area contributed by atoms with Crippen LogP contribution in [0.1, 0.15) is 21.6 Å². The molecule has 0 saturated carbocycles. The Bertz CT molecular complexity index is 961. The first-order valence-electron chi connectivity index (χ1n) is 8.83. The summed E-state index contributed by atoms with van der Waals surface area (Å²) >= 11 is 6.02. The number of hydrogen-bond acceptors (Lipinski definition) is 5. The minimum atomic E-state index is -0.263. The molecule has 3 rings (SSSR count). The molecule has 0 aliphatic carbocycles. The van der Waals surface area contributed by atoms with Gasteiger partial charge in [0, 0.05) is 17.3 Å². The number of carbonyl (C=O) groups excluding carboxylic acids is 1. The first-order valence-corrected chi connectivity index (χ1v) is 9.21. The maximum absolute atomic E-state index is 12.3. The van der Waals surface area contributed by atoms with E-state index in [1.807, 2.05) is 49.4 Å². The molecular formula is C21H21ClN4O2. The fourth-order valence-corrected chi connectivity index (χ4v) is 2.80. The standard InChI is InChI=1S/C21H21ClN4O2/c1-14-6-7-16(22)13-19(14)24-20-9-8-18(25-26-20)21(27)23-11-10-15-4-3-5-17(12-15)28-2/h3-9,12-13H,10-11H2,1-2H3,(H,23,27)(H,24,26). The highest BCUT2D eigenvalue weighted by atomic mass is 35.5. The van der Waals surface area contributed by atoms with E-state index in [-0.39, 0.29) is 11.6 Å². The lowest BCUT2D eigenvalue weighted by Gasteiger charge is -2.09. The largest absolute Gasteiger partial charge is 0.497 e. The van der Waals surface area contributed by atoms with E-state index >= 15 is 0 Å². The predicted octanol–water partition coefficient (Wildman–Crippen LogP) is 4.16. The molecule has 0 atom stereocenters. The minimum Gasteiger partial charge on any atom is -0.497 e. The molecule has 1 amide bonds. The second-order valence-corrected chi connectivity index (χ2v) is 6.68. The number of halogens is 1. The molecule has 0 fully saturated rings. The van der Waals surface area contributed by atoms with Crippen LogP contribution in [-0.4, -0.2) is 29.8 Å². The number of aromatic nitrogens is 2. The van der Waals surface area contributed by atoms with Gasteiger partial charge in [0.1, 0.15) is 5.75 Å². The van der Waals surface area contributed by atoms with Gasteiger partial charge in [0.15, 0.2) is 11.5 Å². The molecule has 2 aromatic carbocycles. The van der Waals surface area contributed by atoms with E-state index in [4.69, 9.17) is 16.3 Å². The van der Waals surface area contributed by atoms with Crippen molar-refractivity contribution in [1.29, 1.82) is 0 Å². The predicted molar refractivity (Wildman–Crippen MR) is 111 cm³/mol. The monoisotopic (exact) mass is 396 g/mol. The summed E-state index contributed by atoms with van der Waals surface area (Å²) in [6.07, 6.45) is 0.698. The summed E-state index contributed by atoms with van der Waals surface area (Å²) < 4.78 is 5.20. The van der Waals surface area contributed by atoms with Crippen LogP contribution in [0.5, 0.6) is 5.75 Å². The summed E-state index contributed by atoms with van der Waals surface area (Å²) in [6, 6.07) is 16.7. The fourth-order valence-electron chi connectivity index (χ4n) is 2.63. The van der Waals surface area contributed by atoms with Crippen LogP contribution in [0.4, 0.5) is 11.5 Å². The van der Waals surface area contributed by atoms with Gasteiger partial charge in [-0.05, 0) is 60.9 Å². The topological polar surface area (TPSA) is 76.1 Å². The lowest BCUT2D eigenvalue weighted by Crippen LogP contribution is -2.26. The molecule has 1 heterocycles. The molecule has 2 N–H and O–H groups in total. The van der Waals surface area contributed by atoms with E-state index in [1.54, 1.807) is 19.2 Å². The minimum absolute atomic E-state index is 0.263. The zero-order chi connectivity index (χ0) is 19.9. The molecule has 0 aliphatic heterocycles. The number of rotatable bonds is 7. The molecule has 0 unspecified atom stereocenters. The van der Waals surface area contributed by atoms with Gasteiger partial charge < -0.3 is 15.4 Å². The van der Waals surface area contributed by atoms with Gasteiger partial charge in [0.2, 0.25) is 0 Å². The Labute approximate surface area is 168 Å². The van der Waals surface area contributed by atoms with Crippen molar-refractivity contribution in [3.63, 3.8) is 0 Å². The van der Waals surface area contributed by atoms with Crippen molar-refractivity contribution < 1.29 is 9.53 Å². The van der Waals surface area contributed by atoms with E-state index < -0.39 is 0 Å². The van der Waals surface area contributed by atoms with E-state index in [2.05, 4.69) is 20.8 Å². The van der Waals surface area contributed by atoms with Crippen LogP contribution in [-0.2, 0) is 6.42 Å². The maximum atomic E-state index is 12.3. The molecule has 0 bridgehead atoms. The summed E-state index contributed by atoms with van der Waals surface area (Å²) in [5.41, 5.74) is 3.23. The number of aryl methyl sites for hydroxylation is 1. The van der Waals surface area contributed by atoms with Gasteiger partial charge in [0.05, 0.1) is 7.11 Å². The summed E-state index contributed by atoms with van der Waals surface area (Å²) in [4.78, 5) is 12.3. The third-order valence-electron chi connectivity index (χ3n) is 4.19. The summed E-state index contributed by atoms with van der Waals surface area (Å²) in [6.45, 7) is 2.46. The zero-order valence-electron chi connectivity index (χ0n) is 15.7. The lowest BCUT2D eigenvalue weighted by molar-refractivity contribution is 0.0948. The summed E-state index contributed by atoms with van der Waals surface area (Å²) in [5.74, 6) is 1.08. The number of nitrogens with one attached hydrogen (secondary N) is 2. The van der Waals surface area contributed by atoms with Crippen LogP contribution in [0.15, 0.2) is 54.6 Å². The van der Waals surface area contributed by atoms with Gasteiger partial charge in [-0.25, -0.2) is 0 Å². The number of benzene rings is 2. The molecule has 1 aromatic heterocycles. The number of methoxy groups -OCH3 is 1. The number of nitrogens with zero attached hydrogens (tertiary/aromatic N) is 2. The molecule has 6 nitrogen and oxygen atoms in total. The van der Waals surface area contributed by atoms with Crippen LogP contribution in [0.3, 0.4) is 0 Å². The van der Waals surface area contributed by atoms with E-state index in [9.17, 15) is 4.79 Å². The smallest absolute Gasteiger partial charge is 0.271 e. The van der Waals surface area contributed by atoms with E-state index in [1.165, 1.54) is 0 Å². The summed E-state index contributed by atoms with van der Waals surface area (Å²) in [5, 5.41) is 14.7. The molecule has 0 radical (unpaired) electrons. The van der Waals surface area contributed by atoms with Gasteiger partial charge in [-0.3, -0.25) is 4.79 Å². The van der Waals surface area contributed by atoms with Gasteiger partial charge in [-0.1, -0.05) is 29.8 Å².